The van der Waals surface area contributed by atoms with Crippen molar-refractivity contribution in [3.8, 4) is 0 Å². The van der Waals surface area contributed by atoms with E-state index >= 15 is 0 Å². The van der Waals surface area contributed by atoms with Crippen LogP contribution in [-0.2, 0) is 4.79 Å². The van der Waals surface area contributed by atoms with Crippen molar-refractivity contribution in [3.63, 3.8) is 0 Å². The molecule has 5 nitrogen and oxygen atoms in total. The average Bonchev–Trinajstić information content (AvgIpc) is 2.95. The van der Waals surface area contributed by atoms with Crippen molar-refractivity contribution in [1.29, 1.82) is 0 Å². The average molecular weight is 355 g/mol. The molecule has 0 aliphatic carbocycles. The van der Waals surface area contributed by atoms with E-state index in [4.69, 9.17) is 0 Å². The third kappa shape index (κ3) is 3.76. The summed E-state index contributed by atoms with van der Waals surface area (Å²) in [6.45, 7) is 11.1. The van der Waals surface area contributed by atoms with Crippen LogP contribution in [0, 0.1) is 17.8 Å². The van der Waals surface area contributed by atoms with Crippen molar-refractivity contribution in [2.24, 2.45) is 17.8 Å². The lowest BCUT2D eigenvalue weighted by Gasteiger charge is -2.41. The first-order chi connectivity index (χ1) is 12.4. The van der Waals surface area contributed by atoms with E-state index < -0.39 is 0 Å². The fourth-order valence-corrected chi connectivity index (χ4v) is 3.61. The Morgan fingerprint density at radius 3 is 2.35 bits per heavy atom. The highest BCUT2D eigenvalue weighted by atomic mass is 16.2. The Bertz CT molecular complexity index is 777. The minimum atomic E-state index is -0.0679. The molecule has 1 aromatic heterocycles. The van der Waals surface area contributed by atoms with Gasteiger partial charge in [-0.2, -0.15) is 0 Å². The Morgan fingerprint density at radius 2 is 1.73 bits per heavy atom. The molecule has 0 radical (unpaired) electrons. The largest absolute Gasteiger partial charge is 0.360 e. The van der Waals surface area contributed by atoms with Gasteiger partial charge in [-0.3, -0.25) is 9.59 Å². The van der Waals surface area contributed by atoms with Crippen LogP contribution in [0.1, 0.15) is 38.1 Å². The highest BCUT2D eigenvalue weighted by molar-refractivity contribution is 6.07. The van der Waals surface area contributed by atoms with Crippen molar-refractivity contribution in [1.82, 2.24) is 14.8 Å². The van der Waals surface area contributed by atoms with Gasteiger partial charge in [0, 0.05) is 43.3 Å². The summed E-state index contributed by atoms with van der Waals surface area (Å²) in [5, 5.41) is 0.938. The lowest BCUT2D eigenvalue weighted by Crippen LogP contribution is -2.57. The van der Waals surface area contributed by atoms with E-state index in [1.54, 1.807) is 11.1 Å². The molecular formula is C21H29N3O2. The number of para-hydroxylation sites is 1. The Hall–Kier alpha value is -2.30. The van der Waals surface area contributed by atoms with Crippen molar-refractivity contribution in [2.45, 2.75) is 27.7 Å². The van der Waals surface area contributed by atoms with E-state index in [0.29, 0.717) is 30.5 Å². The van der Waals surface area contributed by atoms with Gasteiger partial charge in [-0.05, 0) is 17.9 Å². The number of rotatable bonds is 6. The van der Waals surface area contributed by atoms with Gasteiger partial charge in [-0.1, -0.05) is 45.9 Å². The van der Waals surface area contributed by atoms with Crippen LogP contribution in [0.4, 0.5) is 0 Å². The minimum absolute atomic E-state index is 0.00534. The summed E-state index contributed by atoms with van der Waals surface area (Å²) in [5.41, 5.74) is 1.65. The first-order valence-electron chi connectivity index (χ1n) is 9.51. The van der Waals surface area contributed by atoms with E-state index in [1.807, 2.05) is 29.2 Å². The zero-order chi connectivity index (χ0) is 18.8. The lowest BCUT2D eigenvalue weighted by molar-refractivity contribution is -0.141. The minimum Gasteiger partial charge on any atom is -0.360 e. The van der Waals surface area contributed by atoms with Crippen LogP contribution in [-0.4, -0.2) is 52.8 Å². The van der Waals surface area contributed by atoms with E-state index in [0.717, 1.165) is 24.0 Å². The van der Waals surface area contributed by atoms with Crippen LogP contribution >= 0.6 is 0 Å². The molecule has 26 heavy (non-hydrogen) atoms. The fraction of sp³-hybridized carbons (Fsp3) is 0.524. The Labute approximate surface area is 155 Å². The van der Waals surface area contributed by atoms with Crippen LogP contribution in [0.5, 0.6) is 0 Å². The third-order valence-corrected chi connectivity index (χ3v) is 4.82. The van der Waals surface area contributed by atoms with Gasteiger partial charge in [0.25, 0.3) is 5.91 Å². The summed E-state index contributed by atoms with van der Waals surface area (Å²) >= 11 is 0. The summed E-state index contributed by atoms with van der Waals surface area (Å²) in [5.74, 6) is 1.02. The third-order valence-electron chi connectivity index (χ3n) is 4.82. The molecule has 1 N–H and O–H groups in total. The number of likely N-dealkylation sites (tertiary alicyclic amines) is 1. The SMILES string of the molecule is CC(C)CN(CC(C)C)C(=O)C1CN(C(=O)c2c[nH]c3ccccc23)C1. The molecule has 0 atom stereocenters. The number of carbonyl (C=O) groups is 2. The number of nitrogens with zero attached hydrogens (tertiary/aromatic N) is 2. The molecule has 0 spiro atoms. The second-order valence-electron chi connectivity index (χ2n) is 8.19. The maximum Gasteiger partial charge on any atom is 0.256 e. The van der Waals surface area contributed by atoms with Crippen LogP contribution in [0.3, 0.4) is 0 Å². The number of benzene rings is 1. The van der Waals surface area contributed by atoms with Gasteiger partial charge in [0.1, 0.15) is 0 Å². The molecule has 1 aliphatic rings. The maximum atomic E-state index is 12.8. The van der Waals surface area contributed by atoms with E-state index in [9.17, 15) is 9.59 Å². The molecule has 5 heteroatoms. The van der Waals surface area contributed by atoms with E-state index in [2.05, 4.69) is 32.7 Å². The topological polar surface area (TPSA) is 56.4 Å². The van der Waals surface area contributed by atoms with Gasteiger partial charge in [-0.15, -0.1) is 0 Å². The molecule has 1 saturated heterocycles. The van der Waals surface area contributed by atoms with Crippen molar-refractivity contribution in [2.75, 3.05) is 26.2 Å². The van der Waals surface area contributed by atoms with Crippen LogP contribution in [0.15, 0.2) is 30.5 Å². The predicted octanol–water partition coefficient (Wildman–Crippen LogP) is 3.38. The quantitative estimate of drug-likeness (QED) is 0.864. The number of fused-ring (bicyclic) bond motifs is 1. The molecule has 3 rings (SSSR count). The lowest BCUT2D eigenvalue weighted by atomic mass is 9.96. The molecule has 1 aromatic carbocycles. The van der Waals surface area contributed by atoms with Crippen molar-refractivity contribution < 1.29 is 9.59 Å². The predicted molar refractivity (Wildman–Crippen MR) is 104 cm³/mol. The smallest absolute Gasteiger partial charge is 0.256 e. The monoisotopic (exact) mass is 355 g/mol. The molecule has 1 aliphatic heterocycles. The molecule has 0 bridgehead atoms. The summed E-state index contributed by atoms with van der Waals surface area (Å²) in [4.78, 5) is 32.5. The van der Waals surface area contributed by atoms with Crippen molar-refractivity contribution in [3.05, 3.63) is 36.0 Å². The second kappa shape index (κ2) is 7.52. The van der Waals surface area contributed by atoms with Crippen LogP contribution in [0.2, 0.25) is 0 Å². The zero-order valence-corrected chi connectivity index (χ0v) is 16.2. The zero-order valence-electron chi connectivity index (χ0n) is 16.2. The first kappa shape index (κ1) is 18.5. The fourth-order valence-electron chi connectivity index (χ4n) is 3.61. The van der Waals surface area contributed by atoms with Gasteiger partial charge in [-0.25, -0.2) is 0 Å². The summed E-state index contributed by atoms with van der Waals surface area (Å²) < 4.78 is 0. The van der Waals surface area contributed by atoms with Gasteiger partial charge in [0.2, 0.25) is 5.91 Å². The van der Waals surface area contributed by atoms with Crippen LogP contribution < -0.4 is 0 Å². The molecule has 2 heterocycles. The highest BCUT2D eigenvalue weighted by Gasteiger charge is 2.38. The molecule has 0 saturated carbocycles. The van der Waals surface area contributed by atoms with Gasteiger partial charge in [0.05, 0.1) is 11.5 Å². The number of carbonyl (C=O) groups excluding carboxylic acids is 2. The summed E-state index contributed by atoms with van der Waals surface area (Å²) in [6.07, 6.45) is 1.77. The maximum absolute atomic E-state index is 12.8. The van der Waals surface area contributed by atoms with Gasteiger partial charge < -0.3 is 14.8 Å². The number of amides is 2. The van der Waals surface area contributed by atoms with E-state index in [1.165, 1.54) is 0 Å². The number of hydrogen-bond acceptors (Lipinski definition) is 2. The van der Waals surface area contributed by atoms with Crippen molar-refractivity contribution >= 4 is 22.7 Å². The number of aromatic amines is 1. The Kier molecular flexibility index (Phi) is 5.35. The second-order valence-corrected chi connectivity index (χ2v) is 8.19. The molecule has 1 fully saturated rings. The number of H-pyrrole nitrogens is 1. The van der Waals surface area contributed by atoms with E-state index in [-0.39, 0.29) is 17.7 Å². The number of aromatic nitrogens is 1. The summed E-state index contributed by atoms with van der Waals surface area (Å²) in [6, 6.07) is 7.80. The normalized spacial score (nSPS) is 14.9. The Balaban J connectivity index is 1.63. The molecule has 0 unspecified atom stereocenters. The molecule has 2 aromatic rings. The molecular weight excluding hydrogens is 326 g/mol. The first-order valence-corrected chi connectivity index (χ1v) is 9.51. The van der Waals surface area contributed by atoms with Gasteiger partial charge >= 0.3 is 0 Å². The number of nitrogens with one attached hydrogen (secondary N) is 1. The number of hydrogen-bond donors (Lipinski definition) is 1. The molecule has 2 amide bonds. The molecule has 140 valence electrons. The highest BCUT2D eigenvalue weighted by Crippen LogP contribution is 2.25. The van der Waals surface area contributed by atoms with Crippen LogP contribution in [0.25, 0.3) is 10.9 Å². The standard InChI is InChI=1S/C21H29N3O2/c1-14(2)10-23(11-15(3)4)20(25)16-12-24(13-16)21(26)18-9-22-19-8-6-5-7-17(18)19/h5-9,14-16,22H,10-13H2,1-4H3. The van der Waals surface area contributed by atoms with Gasteiger partial charge in [0.15, 0.2) is 0 Å². The summed E-state index contributed by atoms with van der Waals surface area (Å²) in [7, 11) is 0. The Morgan fingerprint density at radius 1 is 1.12 bits per heavy atom.